The first-order chi connectivity index (χ1) is 16.5. The molecular formula is C26H21NO6S. The lowest BCUT2D eigenvalue weighted by molar-refractivity contribution is 0.0476. The SMILES string of the molecule is COc1cc(NC(=O)c2cccs2)c(C(=O)OCC(=O)c2cccc3ccccc23)cc1OC. The lowest BCUT2D eigenvalue weighted by Crippen LogP contribution is -2.18. The van der Waals surface area contributed by atoms with Crippen LogP contribution in [0.3, 0.4) is 0 Å². The molecule has 8 heteroatoms. The zero-order valence-electron chi connectivity index (χ0n) is 18.5. The minimum atomic E-state index is -0.781. The number of hydrogen-bond acceptors (Lipinski definition) is 7. The Labute approximate surface area is 199 Å². The predicted molar refractivity (Wildman–Crippen MR) is 130 cm³/mol. The van der Waals surface area contributed by atoms with Gasteiger partial charge in [0.25, 0.3) is 5.91 Å². The molecule has 0 unspecified atom stereocenters. The summed E-state index contributed by atoms with van der Waals surface area (Å²) in [5.41, 5.74) is 0.677. The third-order valence-electron chi connectivity index (χ3n) is 5.16. The van der Waals surface area contributed by atoms with Gasteiger partial charge in [0.05, 0.1) is 30.3 Å². The average molecular weight is 476 g/mol. The Morgan fingerprint density at radius 1 is 0.853 bits per heavy atom. The van der Waals surface area contributed by atoms with Gasteiger partial charge >= 0.3 is 5.97 Å². The first-order valence-electron chi connectivity index (χ1n) is 10.3. The van der Waals surface area contributed by atoms with Crippen LogP contribution in [0, 0.1) is 0 Å². The van der Waals surface area contributed by atoms with E-state index < -0.39 is 12.6 Å². The van der Waals surface area contributed by atoms with Gasteiger partial charge < -0.3 is 19.5 Å². The second-order valence-corrected chi connectivity index (χ2v) is 8.16. The summed E-state index contributed by atoms with van der Waals surface area (Å²) < 4.78 is 15.9. The smallest absolute Gasteiger partial charge is 0.340 e. The van der Waals surface area contributed by atoms with Crippen LogP contribution in [0.25, 0.3) is 10.8 Å². The van der Waals surface area contributed by atoms with Crippen LogP contribution in [0.4, 0.5) is 5.69 Å². The summed E-state index contributed by atoms with van der Waals surface area (Å²) in [5, 5.41) is 6.18. The minimum absolute atomic E-state index is 0.0354. The van der Waals surface area contributed by atoms with Crippen molar-refractivity contribution in [2.24, 2.45) is 0 Å². The summed E-state index contributed by atoms with van der Waals surface area (Å²) in [5.74, 6) is -0.898. The molecule has 34 heavy (non-hydrogen) atoms. The number of thiophene rings is 1. The van der Waals surface area contributed by atoms with E-state index in [1.165, 1.54) is 37.7 Å². The largest absolute Gasteiger partial charge is 0.493 e. The fraction of sp³-hybridized carbons (Fsp3) is 0.115. The number of esters is 1. The van der Waals surface area contributed by atoms with Crippen molar-refractivity contribution in [2.45, 2.75) is 0 Å². The molecule has 1 N–H and O–H groups in total. The highest BCUT2D eigenvalue weighted by Crippen LogP contribution is 2.34. The molecule has 172 valence electrons. The van der Waals surface area contributed by atoms with Crippen molar-refractivity contribution < 1.29 is 28.6 Å². The molecule has 0 bridgehead atoms. The van der Waals surface area contributed by atoms with E-state index in [0.717, 1.165) is 10.8 Å². The molecular weight excluding hydrogens is 454 g/mol. The first kappa shape index (κ1) is 23.0. The van der Waals surface area contributed by atoms with Crippen LogP contribution in [0.2, 0.25) is 0 Å². The number of amides is 1. The molecule has 0 spiro atoms. The monoisotopic (exact) mass is 475 g/mol. The zero-order chi connectivity index (χ0) is 24.1. The number of Topliss-reactive ketones (excluding diaryl/α,β-unsaturated/α-hetero) is 1. The van der Waals surface area contributed by atoms with E-state index in [4.69, 9.17) is 14.2 Å². The summed E-state index contributed by atoms with van der Waals surface area (Å²) >= 11 is 1.27. The van der Waals surface area contributed by atoms with Gasteiger partial charge in [-0.15, -0.1) is 11.3 Å². The summed E-state index contributed by atoms with van der Waals surface area (Å²) in [4.78, 5) is 38.9. The van der Waals surface area contributed by atoms with E-state index in [1.807, 2.05) is 30.3 Å². The van der Waals surface area contributed by atoms with E-state index in [0.29, 0.717) is 16.2 Å². The molecule has 0 fully saturated rings. The Morgan fingerprint density at radius 2 is 1.59 bits per heavy atom. The molecule has 0 saturated carbocycles. The van der Waals surface area contributed by atoms with Crippen LogP contribution in [0.1, 0.15) is 30.4 Å². The second-order valence-electron chi connectivity index (χ2n) is 7.21. The maximum absolute atomic E-state index is 13.0. The predicted octanol–water partition coefficient (Wildman–Crippen LogP) is 5.21. The third kappa shape index (κ3) is 4.77. The number of benzene rings is 3. The van der Waals surface area contributed by atoms with Gasteiger partial charge in [-0.2, -0.15) is 0 Å². The average Bonchev–Trinajstić information content (AvgIpc) is 3.41. The molecule has 0 atom stereocenters. The van der Waals surface area contributed by atoms with Crippen molar-refractivity contribution in [1.29, 1.82) is 0 Å². The summed E-state index contributed by atoms with van der Waals surface area (Å²) in [6, 6.07) is 19.2. The van der Waals surface area contributed by atoms with E-state index in [2.05, 4.69) is 5.32 Å². The highest BCUT2D eigenvalue weighted by Gasteiger charge is 2.22. The van der Waals surface area contributed by atoms with Gasteiger partial charge in [0.2, 0.25) is 5.78 Å². The molecule has 0 radical (unpaired) electrons. The third-order valence-corrected chi connectivity index (χ3v) is 6.03. The Morgan fingerprint density at radius 3 is 2.32 bits per heavy atom. The number of ether oxygens (including phenoxy) is 3. The zero-order valence-corrected chi connectivity index (χ0v) is 19.3. The fourth-order valence-electron chi connectivity index (χ4n) is 3.50. The molecule has 0 aliphatic carbocycles. The molecule has 4 rings (SSSR count). The lowest BCUT2D eigenvalue weighted by Gasteiger charge is -2.15. The molecule has 0 aliphatic heterocycles. The van der Waals surface area contributed by atoms with Crippen molar-refractivity contribution in [3.63, 3.8) is 0 Å². The molecule has 7 nitrogen and oxygen atoms in total. The van der Waals surface area contributed by atoms with E-state index in [1.54, 1.807) is 29.6 Å². The summed E-state index contributed by atoms with van der Waals surface area (Å²) in [6.07, 6.45) is 0. The molecule has 4 aromatic rings. The second kappa shape index (κ2) is 10.2. The quantitative estimate of drug-likeness (QED) is 0.278. The van der Waals surface area contributed by atoms with Crippen LogP contribution in [-0.4, -0.2) is 38.5 Å². The topological polar surface area (TPSA) is 90.9 Å². The Hall–Kier alpha value is -4.17. The maximum atomic E-state index is 13.0. The fourth-order valence-corrected chi connectivity index (χ4v) is 4.12. The number of rotatable bonds is 8. The Balaban J connectivity index is 1.58. The molecule has 1 amide bonds. The number of nitrogens with one attached hydrogen (secondary N) is 1. The molecule has 1 heterocycles. The maximum Gasteiger partial charge on any atom is 0.340 e. The van der Waals surface area contributed by atoms with Crippen LogP contribution < -0.4 is 14.8 Å². The Kier molecular flexibility index (Phi) is 6.89. The van der Waals surface area contributed by atoms with E-state index >= 15 is 0 Å². The number of anilines is 1. The van der Waals surface area contributed by atoms with Crippen LogP contribution in [0.15, 0.2) is 72.1 Å². The van der Waals surface area contributed by atoms with Crippen molar-refractivity contribution in [3.05, 3.63) is 88.1 Å². The number of methoxy groups -OCH3 is 2. The van der Waals surface area contributed by atoms with E-state index in [9.17, 15) is 14.4 Å². The van der Waals surface area contributed by atoms with Crippen LogP contribution in [0.5, 0.6) is 11.5 Å². The van der Waals surface area contributed by atoms with Crippen LogP contribution >= 0.6 is 11.3 Å². The number of fused-ring (bicyclic) bond motifs is 1. The van der Waals surface area contributed by atoms with Gasteiger partial charge in [0, 0.05) is 17.7 Å². The molecule has 0 saturated heterocycles. The summed E-state index contributed by atoms with van der Waals surface area (Å²) in [7, 11) is 2.88. The van der Waals surface area contributed by atoms with Crippen LogP contribution in [-0.2, 0) is 4.74 Å². The number of carbonyl (C=O) groups is 3. The van der Waals surface area contributed by atoms with Crippen molar-refractivity contribution in [1.82, 2.24) is 0 Å². The highest BCUT2D eigenvalue weighted by atomic mass is 32.1. The molecule has 0 aliphatic rings. The Bertz CT molecular complexity index is 1360. The number of carbonyl (C=O) groups excluding carboxylic acids is 3. The molecule has 3 aromatic carbocycles. The summed E-state index contributed by atoms with van der Waals surface area (Å²) in [6.45, 7) is -0.459. The lowest BCUT2D eigenvalue weighted by atomic mass is 10.0. The van der Waals surface area contributed by atoms with Gasteiger partial charge in [-0.1, -0.05) is 48.5 Å². The normalized spacial score (nSPS) is 10.5. The minimum Gasteiger partial charge on any atom is -0.493 e. The van der Waals surface area contributed by atoms with Gasteiger partial charge in [0.15, 0.2) is 18.1 Å². The standard InChI is InChI=1S/C26H21NO6S/c1-31-22-13-19(20(14-23(22)32-2)27-25(29)24-11-6-12-34-24)26(30)33-15-21(28)18-10-5-8-16-7-3-4-9-17(16)18/h3-14H,15H2,1-2H3,(H,27,29). The van der Waals surface area contributed by atoms with Gasteiger partial charge in [-0.3, -0.25) is 9.59 Å². The van der Waals surface area contributed by atoms with Gasteiger partial charge in [-0.25, -0.2) is 4.79 Å². The van der Waals surface area contributed by atoms with Crippen molar-refractivity contribution >= 4 is 45.5 Å². The highest BCUT2D eigenvalue weighted by molar-refractivity contribution is 7.12. The van der Waals surface area contributed by atoms with Gasteiger partial charge in [-0.05, 0) is 22.2 Å². The van der Waals surface area contributed by atoms with Crippen molar-refractivity contribution in [2.75, 3.05) is 26.1 Å². The van der Waals surface area contributed by atoms with Crippen molar-refractivity contribution in [3.8, 4) is 11.5 Å². The molecule has 1 aromatic heterocycles. The van der Waals surface area contributed by atoms with E-state index in [-0.39, 0.29) is 28.7 Å². The number of hydrogen-bond donors (Lipinski definition) is 1. The number of ketones is 1. The van der Waals surface area contributed by atoms with Gasteiger partial charge in [0.1, 0.15) is 0 Å². The first-order valence-corrected chi connectivity index (χ1v) is 11.2.